The van der Waals surface area contributed by atoms with Crippen LogP contribution in [-0.4, -0.2) is 11.1 Å². The van der Waals surface area contributed by atoms with E-state index >= 15 is 0 Å². The van der Waals surface area contributed by atoms with E-state index in [9.17, 15) is 18.0 Å². The van der Waals surface area contributed by atoms with Crippen LogP contribution >= 0.6 is 0 Å². The number of benzene rings is 2. The summed E-state index contributed by atoms with van der Waals surface area (Å²) in [7, 11) is 0. The maximum absolute atomic E-state index is 13.3. The first-order chi connectivity index (χ1) is 9.39. The zero-order valence-corrected chi connectivity index (χ0v) is 10.3. The molecule has 0 amide bonds. The largest absolute Gasteiger partial charge is 0.481 e. The van der Waals surface area contributed by atoms with Crippen LogP contribution in [0.5, 0.6) is 0 Å². The third-order valence-electron chi connectivity index (χ3n) is 2.86. The fourth-order valence-corrected chi connectivity index (χ4v) is 2.10. The van der Waals surface area contributed by atoms with Crippen molar-refractivity contribution in [3.8, 4) is 11.1 Å². The zero-order valence-electron chi connectivity index (χ0n) is 10.3. The summed E-state index contributed by atoms with van der Waals surface area (Å²) in [5.41, 5.74) is -0.705. The van der Waals surface area contributed by atoms with Gasteiger partial charge in [-0.25, -0.2) is 0 Å². The standard InChI is InChI=1S/C15H11F3O2/c16-15(17,18)14-11(9-13(19)20)7-4-8-12(14)10-5-2-1-3-6-10/h1-8H,9H2,(H,19,20). The highest BCUT2D eigenvalue weighted by Crippen LogP contribution is 2.39. The summed E-state index contributed by atoms with van der Waals surface area (Å²) in [6.07, 6.45) is -5.26. The molecule has 0 bridgehead atoms. The van der Waals surface area contributed by atoms with Gasteiger partial charge >= 0.3 is 12.1 Å². The van der Waals surface area contributed by atoms with E-state index in [0.29, 0.717) is 5.56 Å². The van der Waals surface area contributed by atoms with Crippen molar-refractivity contribution in [1.29, 1.82) is 0 Å². The molecule has 0 fully saturated rings. The minimum Gasteiger partial charge on any atom is -0.481 e. The number of alkyl halides is 3. The first kappa shape index (κ1) is 14.1. The zero-order chi connectivity index (χ0) is 14.8. The number of halogens is 3. The lowest BCUT2D eigenvalue weighted by Gasteiger charge is -2.16. The molecular formula is C15H11F3O2. The van der Waals surface area contributed by atoms with Gasteiger partial charge in [0, 0.05) is 0 Å². The van der Waals surface area contributed by atoms with Crippen molar-refractivity contribution in [2.75, 3.05) is 0 Å². The van der Waals surface area contributed by atoms with E-state index in [1.165, 1.54) is 18.2 Å². The van der Waals surface area contributed by atoms with Crippen molar-refractivity contribution in [2.45, 2.75) is 12.6 Å². The molecule has 5 heteroatoms. The van der Waals surface area contributed by atoms with Crippen LogP contribution in [0, 0.1) is 0 Å². The lowest BCUT2D eigenvalue weighted by molar-refractivity contribution is -0.139. The normalized spacial score (nSPS) is 11.3. The molecule has 2 aromatic carbocycles. The average molecular weight is 280 g/mol. The molecule has 0 heterocycles. The molecule has 0 aliphatic heterocycles. The molecule has 0 spiro atoms. The van der Waals surface area contributed by atoms with Gasteiger partial charge in [0.05, 0.1) is 12.0 Å². The SMILES string of the molecule is O=C(O)Cc1cccc(-c2ccccc2)c1C(F)(F)F. The Kier molecular flexibility index (Phi) is 3.79. The van der Waals surface area contributed by atoms with Crippen molar-refractivity contribution >= 4 is 5.97 Å². The van der Waals surface area contributed by atoms with Crippen LogP contribution in [0.15, 0.2) is 48.5 Å². The summed E-state index contributed by atoms with van der Waals surface area (Å²) in [4.78, 5) is 10.7. The van der Waals surface area contributed by atoms with Crippen molar-refractivity contribution in [1.82, 2.24) is 0 Å². The van der Waals surface area contributed by atoms with Crippen LogP contribution in [0.1, 0.15) is 11.1 Å². The van der Waals surface area contributed by atoms with E-state index in [0.717, 1.165) is 0 Å². The van der Waals surface area contributed by atoms with Gasteiger partial charge in [0.25, 0.3) is 0 Å². The Labute approximate surface area is 113 Å². The van der Waals surface area contributed by atoms with Crippen LogP contribution in [-0.2, 0) is 17.4 Å². The van der Waals surface area contributed by atoms with E-state index in [4.69, 9.17) is 5.11 Å². The van der Waals surface area contributed by atoms with Crippen molar-refractivity contribution in [3.63, 3.8) is 0 Å². The van der Waals surface area contributed by atoms with Gasteiger partial charge in [-0.2, -0.15) is 13.2 Å². The van der Waals surface area contributed by atoms with Gasteiger partial charge in [0.1, 0.15) is 0 Å². The fourth-order valence-electron chi connectivity index (χ4n) is 2.10. The van der Waals surface area contributed by atoms with E-state index in [1.807, 2.05) is 0 Å². The van der Waals surface area contributed by atoms with Crippen molar-refractivity contribution in [3.05, 3.63) is 59.7 Å². The summed E-state index contributed by atoms with van der Waals surface area (Å²) in [6.45, 7) is 0. The predicted octanol–water partition coefficient (Wildman–Crippen LogP) is 4.00. The summed E-state index contributed by atoms with van der Waals surface area (Å²) in [5, 5.41) is 8.75. The smallest absolute Gasteiger partial charge is 0.417 e. The van der Waals surface area contributed by atoms with E-state index in [-0.39, 0.29) is 11.1 Å². The molecule has 0 saturated heterocycles. The van der Waals surface area contributed by atoms with E-state index in [1.54, 1.807) is 30.3 Å². The molecule has 0 aliphatic rings. The first-order valence-electron chi connectivity index (χ1n) is 5.86. The Hall–Kier alpha value is -2.30. The molecule has 2 rings (SSSR count). The highest BCUT2D eigenvalue weighted by Gasteiger charge is 2.36. The summed E-state index contributed by atoms with van der Waals surface area (Å²) in [5.74, 6) is -1.29. The second kappa shape index (κ2) is 5.36. The third kappa shape index (κ3) is 2.99. The molecule has 0 radical (unpaired) electrons. The van der Waals surface area contributed by atoms with E-state index in [2.05, 4.69) is 0 Å². The lowest BCUT2D eigenvalue weighted by Crippen LogP contribution is -2.14. The average Bonchev–Trinajstić information content (AvgIpc) is 2.37. The van der Waals surface area contributed by atoms with Crippen LogP contribution in [0.2, 0.25) is 0 Å². The molecule has 2 aromatic rings. The van der Waals surface area contributed by atoms with Crippen LogP contribution < -0.4 is 0 Å². The highest BCUT2D eigenvalue weighted by molar-refractivity contribution is 5.75. The Morgan fingerprint density at radius 1 is 1.00 bits per heavy atom. The van der Waals surface area contributed by atoms with Gasteiger partial charge in [-0.1, -0.05) is 48.5 Å². The molecule has 1 N–H and O–H groups in total. The maximum Gasteiger partial charge on any atom is 0.417 e. The molecule has 0 aliphatic carbocycles. The number of carboxylic acids is 1. The predicted molar refractivity (Wildman–Crippen MR) is 68.2 cm³/mol. The van der Waals surface area contributed by atoms with Gasteiger partial charge in [-0.05, 0) is 16.7 Å². The van der Waals surface area contributed by atoms with Gasteiger partial charge in [0.15, 0.2) is 0 Å². The number of carboxylic acid groups (broad SMARTS) is 1. The lowest BCUT2D eigenvalue weighted by atomic mass is 9.93. The quantitative estimate of drug-likeness (QED) is 0.922. The second-order valence-corrected chi connectivity index (χ2v) is 4.27. The molecule has 20 heavy (non-hydrogen) atoms. The fraction of sp³-hybridized carbons (Fsp3) is 0.133. The number of hydrogen-bond acceptors (Lipinski definition) is 1. The second-order valence-electron chi connectivity index (χ2n) is 4.27. The summed E-state index contributed by atoms with van der Waals surface area (Å²) in [6, 6.07) is 12.1. The highest BCUT2D eigenvalue weighted by atomic mass is 19.4. The minimum absolute atomic E-state index is 0.00292. The first-order valence-corrected chi connectivity index (χ1v) is 5.86. The number of aliphatic carboxylic acids is 1. The van der Waals surface area contributed by atoms with Gasteiger partial charge in [-0.15, -0.1) is 0 Å². The molecule has 0 aromatic heterocycles. The minimum atomic E-state index is -4.60. The monoisotopic (exact) mass is 280 g/mol. The number of rotatable bonds is 3. The van der Waals surface area contributed by atoms with Gasteiger partial charge < -0.3 is 5.11 Å². The number of hydrogen-bond donors (Lipinski definition) is 1. The van der Waals surface area contributed by atoms with E-state index < -0.39 is 24.1 Å². The Morgan fingerprint density at radius 2 is 1.65 bits per heavy atom. The van der Waals surface area contributed by atoms with Crippen LogP contribution in [0.3, 0.4) is 0 Å². The Bertz CT molecular complexity index is 619. The Morgan fingerprint density at radius 3 is 2.20 bits per heavy atom. The van der Waals surface area contributed by atoms with Gasteiger partial charge in [0.2, 0.25) is 0 Å². The molecule has 0 unspecified atom stereocenters. The van der Waals surface area contributed by atoms with Gasteiger partial charge in [-0.3, -0.25) is 4.79 Å². The van der Waals surface area contributed by atoms with Crippen LogP contribution in [0.25, 0.3) is 11.1 Å². The molecule has 0 atom stereocenters. The molecule has 0 saturated carbocycles. The van der Waals surface area contributed by atoms with Crippen LogP contribution in [0.4, 0.5) is 13.2 Å². The maximum atomic E-state index is 13.3. The Balaban J connectivity index is 2.66. The molecule has 2 nitrogen and oxygen atoms in total. The third-order valence-corrected chi connectivity index (χ3v) is 2.86. The summed E-state index contributed by atoms with van der Waals surface area (Å²) < 4.78 is 39.8. The molecule has 104 valence electrons. The molecular weight excluding hydrogens is 269 g/mol. The topological polar surface area (TPSA) is 37.3 Å². The van der Waals surface area contributed by atoms with Crippen molar-refractivity contribution in [2.24, 2.45) is 0 Å². The summed E-state index contributed by atoms with van der Waals surface area (Å²) >= 11 is 0. The number of carbonyl (C=O) groups is 1. The van der Waals surface area contributed by atoms with Crippen molar-refractivity contribution < 1.29 is 23.1 Å².